The van der Waals surface area contributed by atoms with E-state index < -0.39 is 0 Å². The van der Waals surface area contributed by atoms with E-state index in [9.17, 15) is 9.59 Å². The van der Waals surface area contributed by atoms with Crippen LogP contribution in [-0.4, -0.2) is 16.1 Å². The second kappa shape index (κ2) is 7.52. The molecule has 5 rings (SSSR count). The van der Waals surface area contributed by atoms with E-state index in [0.717, 1.165) is 22.2 Å². The largest absolute Gasteiger partial charge is 0.344 e. The van der Waals surface area contributed by atoms with Crippen molar-refractivity contribution >= 4 is 45.1 Å². The molecule has 0 N–H and O–H groups in total. The summed E-state index contributed by atoms with van der Waals surface area (Å²) in [5, 5.41) is 4.64. The van der Waals surface area contributed by atoms with Gasteiger partial charge in [-0.25, -0.2) is 0 Å². The van der Waals surface area contributed by atoms with E-state index in [1.807, 2.05) is 84.5 Å². The number of aromatic nitrogens is 1. The van der Waals surface area contributed by atoms with E-state index in [2.05, 4.69) is 4.57 Å². The van der Waals surface area contributed by atoms with E-state index in [1.54, 1.807) is 6.07 Å². The van der Waals surface area contributed by atoms with Gasteiger partial charge in [0.15, 0.2) is 0 Å². The number of fused-ring (bicyclic) bond motifs is 1. The minimum absolute atomic E-state index is 0.0546. The first-order valence-electron chi connectivity index (χ1n) is 9.49. The minimum Gasteiger partial charge on any atom is -0.344 e. The molecule has 3 aromatic heterocycles. The van der Waals surface area contributed by atoms with Crippen LogP contribution in [0.2, 0.25) is 0 Å². The van der Waals surface area contributed by atoms with E-state index in [-0.39, 0.29) is 11.6 Å². The number of carbonyl (C=O) groups excluding carboxylic acids is 2. The maximum atomic E-state index is 13.3. The Hall–Kier alpha value is -3.28. The maximum absolute atomic E-state index is 13.3. The molecule has 0 saturated carbocycles. The van der Waals surface area contributed by atoms with Gasteiger partial charge in [-0.1, -0.05) is 42.5 Å². The quantitative estimate of drug-likeness (QED) is 0.303. The lowest BCUT2D eigenvalue weighted by Gasteiger charge is -2.08. The van der Waals surface area contributed by atoms with E-state index in [0.29, 0.717) is 20.9 Å². The Morgan fingerprint density at radius 3 is 2.07 bits per heavy atom. The summed E-state index contributed by atoms with van der Waals surface area (Å²) in [7, 11) is 1.98. The second-order valence-electron chi connectivity index (χ2n) is 7.02. The number of rotatable bonds is 5. The SMILES string of the molecule is Cn1c(-c2ccccc2)cc2c(C(=O)c3cccs3)cc(C(=O)c3cccs3)cc21. The predicted molar refractivity (Wildman–Crippen MR) is 124 cm³/mol. The number of hydrogen-bond acceptors (Lipinski definition) is 4. The van der Waals surface area contributed by atoms with Gasteiger partial charge < -0.3 is 4.57 Å². The van der Waals surface area contributed by atoms with Gasteiger partial charge in [0.1, 0.15) is 0 Å². The van der Waals surface area contributed by atoms with Crippen LogP contribution in [0.1, 0.15) is 30.5 Å². The average molecular weight is 428 g/mol. The van der Waals surface area contributed by atoms with Gasteiger partial charge in [-0.15, -0.1) is 22.7 Å². The molecule has 3 heterocycles. The van der Waals surface area contributed by atoms with Crippen LogP contribution in [0.3, 0.4) is 0 Å². The van der Waals surface area contributed by atoms with Gasteiger partial charge in [0.25, 0.3) is 0 Å². The van der Waals surface area contributed by atoms with Crippen LogP contribution in [0.4, 0.5) is 0 Å². The number of ketones is 2. The Morgan fingerprint density at radius 2 is 1.43 bits per heavy atom. The number of carbonyl (C=O) groups is 2. The van der Waals surface area contributed by atoms with E-state index in [1.165, 1.54) is 22.7 Å². The molecule has 0 atom stereocenters. The number of nitrogens with zero attached hydrogens (tertiary/aromatic N) is 1. The molecule has 5 heteroatoms. The Balaban J connectivity index is 1.76. The highest BCUT2D eigenvalue weighted by Crippen LogP contribution is 2.33. The van der Waals surface area contributed by atoms with Crippen LogP contribution in [0.25, 0.3) is 22.2 Å². The van der Waals surface area contributed by atoms with Crippen LogP contribution < -0.4 is 0 Å². The van der Waals surface area contributed by atoms with Gasteiger partial charge in [-0.2, -0.15) is 0 Å². The lowest BCUT2D eigenvalue weighted by Crippen LogP contribution is -2.05. The molecule has 0 saturated heterocycles. The molecular formula is C25H17NO2S2. The molecule has 146 valence electrons. The lowest BCUT2D eigenvalue weighted by atomic mass is 9.98. The van der Waals surface area contributed by atoms with Crippen molar-refractivity contribution in [3.8, 4) is 11.3 Å². The zero-order chi connectivity index (χ0) is 20.7. The van der Waals surface area contributed by atoms with Gasteiger partial charge >= 0.3 is 0 Å². The fourth-order valence-corrected chi connectivity index (χ4v) is 5.09. The molecule has 0 aliphatic rings. The summed E-state index contributed by atoms with van der Waals surface area (Å²) in [6.45, 7) is 0. The van der Waals surface area contributed by atoms with Crippen LogP contribution in [0, 0.1) is 0 Å². The van der Waals surface area contributed by atoms with Crippen molar-refractivity contribution in [3.63, 3.8) is 0 Å². The Labute approximate surface area is 181 Å². The van der Waals surface area contributed by atoms with Crippen molar-refractivity contribution in [3.05, 3.63) is 104 Å². The normalized spacial score (nSPS) is 11.1. The number of hydrogen-bond donors (Lipinski definition) is 0. The third-order valence-corrected chi connectivity index (χ3v) is 6.97. The van der Waals surface area contributed by atoms with E-state index >= 15 is 0 Å². The van der Waals surface area contributed by atoms with Crippen LogP contribution in [0.15, 0.2) is 83.6 Å². The van der Waals surface area contributed by atoms with Gasteiger partial charge in [0.05, 0.1) is 9.75 Å². The highest BCUT2D eigenvalue weighted by molar-refractivity contribution is 7.12. The summed E-state index contributed by atoms with van der Waals surface area (Å²) in [4.78, 5) is 27.8. The first kappa shape index (κ1) is 18.7. The third kappa shape index (κ3) is 3.12. The zero-order valence-corrected chi connectivity index (χ0v) is 17.8. The molecule has 30 heavy (non-hydrogen) atoms. The van der Waals surface area contributed by atoms with Gasteiger partial charge in [0, 0.05) is 34.8 Å². The molecular weight excluding hydrogens is 410 g/mol. The second-order valence-corrected chi connectivity index (χ2v) is 8.92. The molecule has 0 aliphatic heterocycles. The van der Waals surface area contributed by atoms with E-state index in [4.69, 9.17) is 0 Å². The summed E-state index contributed by atoms with van der Waals surface area (Å²) >= 11 is 2.82. The molecule has 0 spiro atoms. The molecule has 5 aromatic rings. The molecule has 0 bridgehead atoms. The minimum atomic E-state index is -0.0606. The third-order valence-electron chi connectivity index (χ3n) is 5.23. The van der Waals surface area contributed by atoms with Crippen LogP contribution in [-0.2, 0) is 7.05 Å². The molecule has 3 nitrogen and oxygen atoms in total. The fourth-order valence-electron chi connectivity index (χ4n) is 3.73. The van der Waals surface area contributed by atoms with Crippen molar-refractivity contribution in [2.24, 2.45) is 7.05 Å². The fraction of sp³-hybridized carbons (Fsp3) is 0.0400. The highest BCUT2D eigenvalue weighted by Gasteiger charge is 2.21. The van der Waals surface area contributed by atoms with Crippen molar-refractivity contribution in [2.75, 3.05) is 0 Å². The summed E-state index contributed by atoms with van der Waals surface area (Å²) < 4.78 is 2.06. The zero-order valence-electron chi connectivity index (χ0n) is 16.2. The summed E-state index contributed by atoms with van der Waals surface area (Å²) in [6.07, 6.45) is 0. The van der Waals surface area contributed by atoms with Crippen molar-refractivity contribution in [1.82, 2.24) is 4.57 Å². The smallest absolute Gasteiger partial charge is 0.203 e. The Morgan fingerprint density at radius 1 is 0.767 bits per heavy atom. The lowest BCUT2D eigenvalue weighted by molar-refractivity contribution is 0.104. The molecule has 0 aliphatic carbocycles. The summed E-state index contributed by atoms with van der Waals surface area (Å²) in [5.41, 5.74) is 4.04. The van der Waals surface area contributed by atoms with Gasteiger partial charge in [-0.3, -0.25) is 9.59 Å². The molecule has 0 unspecified atom stereocenters. The van der Waals surface area contributed by atoms with Crippen molar-refractivity contribution in [2.45, 2.75) is 0 Å². The number of aryl methyl sites for hydroxylation is 1. The molecule has 0 fully saturated rings. The molecule has 2 aromatic carbocycles. The predicted octanol–water partition coefficient (Wildman–Crippen LogP) is 6.43. The summed E-state index contributed by atoms with van der Waals surface area (Å²) in [6, 6.07) is 23.1. The summed E-state index contributed by atoms with van der Waals surface area (Å²) in [5.74, 6) is -0.115. The van der Waals surface area contributed by atoms with Crippen LogP contribution >= 0.6 is 22.7 Å². The van der Waals surface area contributed by atoms with Crippen molar-refractivity contribution in [1.29, 1.82) is 0 Å². The highest BCUT2D eigenvalue weighted by atomic mass is 32.1. The maximum Gasteiger partial charge on any atom is 0.203 e. The standard InChI is InChI=1S/C25H17NO2S2/c1-26-20(16-7-3-2-4-8-16)15-18-19(25(28)23-10-6-12-30-23)13-17(14-21(18)26)24(27)22-9-5-11-29-22/h2-15H,1H3. The first-order chi connectivity index (χ1) is 14.6. The first-order valence-corrected chi connectivity index (χ1v) is 11.2. The van der Waals surface area contributed by atoms with Crippen molar-refractivity contribution < 1.29 is 9.59 Å². The average Bonchev–Trinajstić information content (AvgIpc) is 3.54. The van der Waals surface area contributed by atoms with Crippen LogP contribution in [0.5, 0.6) is 0 Å². The topological polar surface area (TPSA) is 39.1 Å². The number of thiophene rings is 2. The molecule has 0 amide bonds. The van der Waals surface area contributed by atoms with Gasteiger partial charge in [0.2, 0.25) is 11.6 Å². The molecule has 0 radical (unpaired) electrons. The Bertz CT molecular complexity index is 1360. The number of benzene rings is 2. The monoisotopic (exact) mass is 427 g/mol. The Kier molecular flexibility index (Phi) is 4.69. The van der Waals surface area contributed by atoms with Gasteiger partial charge in [-0.05, 0) is 46.7 Å².